The highest BCUT2D eigenvalue weighted by Crippen LogP contribution is 2.32. The molecule has 1 amide bonds. The van der Waals surface area contributed by atoms with E-state index >= 15 is 0 Å². The van der Waals surface area contributed by atoms with Crippen molar-refractivity contribution in [1.82, 2.24) is 10.3 Å². The summed E-state index contributed by atoms with van der Waals surface area (Å²) in [7, 11) is 1.57. The maximum absolute atomic E-state index is 12.8. The predicted molar refractivity (Wildman–Crippen MR) is 83.5 cm³/mol. The molecule has 0 spiro atoms. The van der Waals surface area contributed by atoms with Gasteiger partial charge in [-0.2, -0.15) is 13.2 Å². The molecule has 2 aromatic rings. The fourth-order valence-electron chi connectivity index (χ4n) is 2.12. The standard InChI is InChI=1S/C17H17F3N2O2/c1-24-7-3-6-22-16(23)14-8-13(10-21-11-14)12-4-2-5-15(9-12)17(18,19)20/h2,4-5,8-11H,3,6-7H2,1H3,(H,22,23). The second-order valence-electron chi connectivity index (χ2n) is 5.14. The Bertz CT molecular complexity index is 702. The van der Waals surface area contributed by atoms with E-state index in [0.29, 0.717) is 36.3 Å². The molecule has 1 aromatic heterocycles. The van der Waals surface area contributed by atoms with Crippen molar-refractivity contribution in [1.29, 1.82) is 0 Å². The number of benzene rings is 1. The lowest BCUT2D eigenvalue weighted by Crippen LogP contribution is -2.25. The minimum atomic E-state index is -4.42. The summed E-state index contributed by atoms with van der Waals surface area (Å²) in [6.45, 7) is 0.975. The number of hydrogen-bond acceptors (Lipinski definition) is 3. The van der Waals surface area contributed by atoms with E-state index in [9.17, 15) is 18.0 Å². The summed E-state index contributed by atoms with van der Waals surface area (Å²) in [6.07, 6.45) is -0.942. The number of pyridine rings is 1. The number of ether oxygens (including phenoxy) is 1. The Morgan fingerprint density at radius 1 is 1.21 bits per heavy atom. The molecule has 0 unspecified atom stereocenters. The molecule has 0 saturated heterocycles. The average Bonchev–Trinajstić information content (AvgIpc) is 2.58. The van der Waals surface area contributed by atoms with Crippen molar-refractivity contribution in [3.63, 3.8) is 0 Å². The lowest BCUT2D eigenvalue weighted by molar-refractivity contribution is -0.137. The van der Waals surface area contributed by atoms with E-state index in [0.717, 1.165) is 12.1 Å². The van der Waals surface area contributed by atoms with Gasteiger partial charge in [-0.05, 0) is 30.2 Å². The highest BCUT2D eigenvalue weighted by molar-refractivity contribution is 5.95. The van der Waals surface area contributed by atoms with Gasteiger partial charge in [0.2, 0.25) is 0 Å². The second kappa shape index (κ2) is 7.92. The number of hydrogen-bond donors (Lipinski definition) is 1. The lowest BCUT2D eigenvalue weighted by Gasteiger charge is -2.10. The van der Waals surface area contributed by atoms with Crippen LogP contribution in [0.15, 0.2) is 42.7 Å². The molecule has 0 saturated carbocycles. The largest absolute Gasteiger partial charge is 0.416 e. The van der Waals surface area contributed by atoms with E-state index in [1.165, 1.54) is 24.5 Å². The molecule has 7 heteroatoms. The minimum Gasteiger partial charge on any atom is -0.385 e. The van der Waals surface area contributed by atoms with Gasteiger partial charge in [0.1, 0.15) is 0 Å². The Morgan fingerprint density at radius 2 is 2.00 bits per heavy atom. The third-order valence-corrected chi connectivity index (χ3v) is 3.33. The van der Waals surface area contributed by atoms with E-state index in [1.807, 2.05) is 0 Å². The first-order valence-corrected chi connectivity index (χ1v) is 7.31. The molecule has 24 heavy (non-hydrogen) atoms. The Kier molecular flexibility index (Phi) is 5.92. The Hall–Kier alpha value is -2.41. The first kappa shape index (κ1) is 17.9. The molecular weight excluding hydrogens is 321 g/mol. The van der Waals surface area contributed by atoms with Gasteiger partial charge in [0.15, 0.2) is 0 Å². The van der Waals surface area contributed by atoms with Crippen LogP contribution >= 0.6 is 0 Å². The molecule has 1 aromatic carbocycles. The molecule has 0 aliphatic heterocycles. The zero-order valence-corrected chi connectivity index (χ0v) is 13.1. The molecular formula is C17H17F3N2O2. The van der Waals surface area contributed by atoms with Gasteiger partial charge in [-0.15, -0.1) is 0 Å². The number of amides is 1. The molecule has 1 N–H and O–H groups in total. The summed E-state index contributed by atoms with van der Waals surface area (Å²) < 4.78 is 43.3. The van der Waals surface area contributed by atoms with Gasteiger partial charge < -0.3 is 10.1 Å². The summed E-state index contributed by atoms with van der Waals surface area (Å²) >= 11 is 0. The van der Waals surface area contributed by atoms with Gasteiger partial charge in [0, 0.05) is 38.2 Å². The molecule has 0 radical (unpaired) electrons. The quantitative estimate of drug-likeness (QED) is 0.820. The Morgan fingerprint density at radius 3 is 2.71 bits per heavy atom. The monoisotopic (exact) mass is 338 g/mol. The van der Waals surface area contributed by atoms with E-state index in [1.54, 1.807) is 13.2 Å². The van der Waals surface area contributed by atoms with Gasteiger partial charge in [-0.3, -0.25) is 9.78 Å². The molecule has 2 rings (SSSR count). The number of carbonyl (C=O) groups excluding carboxylic acids is 1. The van der Waals surface area contributed by atoms with E-state index in [-0.39, 0.29) is 5.91 Å². The first-order chi connectivity index (χ1) is 11.4. The van der Waals surface area contributed by atoms with Gasteiger partial charge in [0.25, 0.3) is 5.91 Å². The van der Waals surface area contributed by atoms with E-state index in [2.05, 4.69) is 10.3 Å². The van der Waals surface area contributed by atoms with Crippen molar-refractivity contribution < 1.29 is 22.7 Å². The van der Waals surface area contributed by atoms with Crippen LogP contribution in [0.3, 0.4) is 0 Å². The Balaban J connectivity index is 2.17. The third-order valence-electron chi connectivity index (χ3n) is 3.33. The number of methoxy groups -OCH3 is 1. The lowest BCUT2D eigenvalue weighted by atomic mass is 10.0. The van der Waals surface area contributed by atoms with Crippen LogP contribution in [0.2, 0.25) is 0 Å². The van der Waals surface area contributed by atoms with Gasteiger partial charge in [-0.25, -0.2) is 0 Å². The van der Waals surface area contributed by atoms with Crippen molar-refractivity contribution in [2.24, 2.45) is 0 Å². The highest BCUT2D eigenvalue weighted by atomic mass is 19.4. The van der Waals surface area contributed by atoms with Crippen LogP contribution in [-0.4, -0.2) is 31.2 Å². The van der Waals surface area contributed by atoms with Crippen LogP contribution in [0.5, 0.6) is 0 Å². The SMILES string of the molecule is COCCCNC(=O)c1cncc(-c2cccc(C(F)(F)F)c2)c1. The van der Waals surface area contributed by atoms with Crippen LogP contribution in [0, 0.1) is 0 Å². The summed E-state index contributed by atoms with van der Waals surface area (Å²) in [5, 5.41) is 2.71. The summed E-state index contributed by atoms with van der Waals surface area (Å²) in [4.78, 5) is 16.0. The van der Waals surface area contributed by atoms with Crippen molar-refractivity contribution in [3.8, 4) is 11.1 Å². The number of aromatic nitrogens is 1. The van der Waals surface area contributed by atoms with Crippen molar-refractivity contribution in [2.45, 2.75) is 12.6 Å². The molecule has 0 aliphatic rings. The van der Waals surface area contributed by atoms with E-state index < -0.39 is 11.7 Å². The molecule has 128 valence electrons. The average molecular weight is 338 g/mol. The van der Waals surface area contributed by atoms with Crippen molar-refractivity contribution in [3.05, 3.63) is 53.9 Å². The summed E-state index contributed by atoms with van der Waals surface area (Å²) in [5.74, 6) is -0.326. The first-order valence-electron chi connectivity index (χ1n) is 7.31. The van der Waals surface area contributed by atoms with Crippen molar-refractivity contribution in [2.75, 3.05) is 20.3 Å². The minimum absolute atomic E-state index is 0.294. The normalized spacial score (nSPS) is 11.3. The molecule has 0 atom stereocenters. The topological polar surface area (TPSA) is 51.2 Å². The van der Waals surface area contributed by atoms with Crippen molar-refractivity contribution >= 4 is 5.91 Å². The predicted octanol–water partition coefficient (Wildman–Crippen LogP) is 3.53. The molecule has 4 nitrogen and oxygen atoms in total. The molecule has 0 bridgehead atoms. The number of alkyl halides is 3. The third kappa shape index (κ3) is 4.79. The molecule has 0 aliphatic carbocycles. The summed E-state index contributed by atoms with van der Waals surface area (Å²) in [6, 6.07) is 6.44. The van der Waals surface area contributed by atoms with Crippen LogP contribution in [0.4, 0.5) is 13.2 Å². The number of nitrogens with one attached hydrogen (secondary N) is 1. The van der Waals surface area contributed by atoms with Gasteiger partial charge in [-0.1, -0.05) is 12.1 Å². The number of carbonyl (C=O) groups is 1. The van der Waals surface area contributed by atoms with Crippen LogP contribution in [-0.2, 0) is 10.9 Å². The van der Waals surface area contributed by atoms with Crippen LogP contribution in [0.1, 0.15) is 22.3 Å². The maximum Gasteiger partial charge on any atom is 0.416 e. The smallest absolute Gasteiger partial charge is 0.385 e. The van der Waals surface area contributed by atoms with Crippen LogP contribution in [0.25, 0.3) is 11.1 Å². The van der Waals surface area contributed by atoms with Crippen LogP contribution < -0.4 is 5.32 Å². The Labute approximate surface area is 137 Å². The second-order valence-corrected chi connectivity index (χ2v) is 5.14. The van der Waals surface area contributed by atoms with E-state index in [4.69, 9.17) is 4.74 Å². The van der Waals surface area contributed by atoms with Gasteiger partial charge >= 0.3 is 6.18 Å². The molecule has 0 fully saturated rings. The number of halogens is 3. The highest BCUT2D eigenvalue weighted by Gasteiger charge is 2.30. The summed E-state index contributed by atoms with van der Waals surface area (Å²) in [5.41, 5.74) is 0.355. The fraction of sp³-hybridized carbons (Fsp3) is 0.294. The maximum atomic E-state index is 12.8. The molecule has 1 heterocycles. The fourth-order valence-corrected chi connectivity index (χ4v) is 2.12. The zero-order chi connectivity index (χ0) is 17.6. The zero-order valence-electron chi connectivity index (χ0n) is 13.1. The van der Waals surface area contributed by atoms with Gasteiger partial charge in [0.05, 0.1) is 11.1 Å². The number of nitrogens with zero attached hydrogens (tertiary/aromatic N) is 1. The number of rotatable bonds is 6.